The number of amides is 1. The van der Waals surface area contributed by atoms with Crippen molar-refractivity contribution in [1.29, 1.82) is 0 Å². The topological polar surface area (TPSA) is 75.6 Å². The number of alkyl halides is 2. The number of hydrogen-bond donors (Lipinski definition) is 2. The van der Waals surface area contributed by atoms with Crippen LogP contribution in [0.4, 0.5) is 14.5 Å². The lowest BCUT2D eigenvalue weighted by Gasteiger charge is -2.22. The first-order valence-corrected chi connectivity index (χ1v) is 6.71. The molecule has 0 fully saturated rings. The normalized spacial score (nSPS) is 11.3. The molecule has 0 aliphatic carbocycles. The van der Waals surface area contributed by atoms with Gasteiger partial charge < -0.3 is 15.2 Å². The van der Waals surface area contributed by atoms with Crippen molar-refractivity contribution in [1.82, 2.24) is 0 Å². The molecule has 0 saturated carbocycles. The summed E-state index contributed by atoms with van der Waals surface area (Å²) in [5.41, 5.74) is -0.436. The summed E-state index contributed by atoms with van der Waals surface area (Å²) in [5, 5.41) is 11.4. The minimum absolute atomic E-state index is 0.0114. The number of carbonyl (C=O) groups excluding carboxylic acids is 1. The van der Waals surface area contributed by atoms with Gasteiger partial charge in [0.2, 0.25) is 5.91 Å². The maximum Gasteiger partial charge on any atom is 0.303 e. The molecule has 1 aromatic carbocycles. The van der Waals surface area contributed by atoms with Crippen LogP contribution in [0.15, 0.2) is 24.3 Å². The number of carboxylic acid groups (broad SMARTS) is 1. The Hall–Kier alpha value is -2.18. The van der Waals surface area contributed by atoms with Crippen LogP contribution >= 0.6 is 0 Å². The van der Waals surface area contributed by atoms with Crippen LogP contribution in [-0.2, 0) is 9.59 Å². The van der Waals surface area contributed by atoms with E-state index in [1.807, 2.05) is 0 Å². The summed E-state index contributed by atoms with van der Waals surface area (Å²) in [5.74, 6) is -1.25. The molecule has 0 spiro atoms. The van der Waals surface area contributed by atoms with E-state index in [2.05, 4.69) is 5.32 Å². The van der Waals surface area contributed by atoms with Crippen molar-refractivity contribution in [3.05, 3.63) is 24.3 Å². The second-order valence-corrected chi connectivity index (χ2v) is 5.66. The van der Waals surface area contributed by atoms with E-state index in [-0.39, 0.29) is 24.3 Å². The number of carbonyl (C=O) groups is 2. The van der Waals surface area contributed by atoms with Gasteiger partial charge in [0, 0.05) is 6.42 Å². The lowest BCUT2D eigenvalue weighted by Crippen LogP contribution is -2.25. The average molecular weight is 315 g/mol. The zero-order valence-corrected chi connectivity index (χ0v) is 12.4. The van der Waals surface area contributed by atoms with Crippen LogP contribution < -0.4 is 10.1 Å². The summed E-state index contributed by atoms with van der Waals surface area (Å²) in [7, 11) is 0. The Labute approximate surface area is 127 Å². The first-order chi connectivity index (χ1) is 10.2. The molecule has 1 aromatic rings. The summed E-state index contributed by atoms with van der Waals surface area (Å²) >= 11 is 0. The van der Waals surface area contributed by atoms with Crippen LogP contribution in [0.5, 0.6) is 5.75 Å². The second kappa shape index (κ2) is 7.72. The van der Waals surface area contributed by atoms with E-state index in [0.717, 1.165) is 0 Å². The summed E-state index contributed by atoms with van der Waals surface area (Å²) in [6.07, 6.45) is -2.77. The third-order valence-electron chi connectivity index (χ3n) is 2.79. The fourth-order valence-electron chi connectivity index (χ4n) is 1.95. The summed E-state index contributed by atoms with van der Waals surface area (Å²) in [6, 6.07) is 6.24. The summed E-state index contributed by atoms with van der Waals surface area (Å²) < 4.78 is 29.3. The van der Waals surface area contributed by atoms with Crippen LogP contribution in [0.1, 0.15) is 26.7 Å². The number of carboxylic acids is 1. The van der Waals surface area contributed by atoms with Gasteiger partial charge in [-0.25, -0.2) is 8.78 Å². The summed E-state index contributed by atoms with van der Waals surface area (Å²) in [6.45, 7) is 2.57. The Balaban J connectivity index is 2.70. The van der Waals surface area contributed by atoms with Crippen molar-refractivity contribution in [2.45, 2.75) is 33.1 Å². The number of anilines is 1. The Morgan fingerprint density at radius 2 is 1.91 bits per heavy atom. The molecule has 0 bridgehead atoms. The predicted octanol–water partition coefficient (Wildman–Crippen LogP) is 3.16. The molecule has 7 heteroatoms. The van der Waals surface area contributed by atoms with E-state index in [1.54, 1.807) is 26.0 Å². The quantitative estimate of drug-likeness (QED) is 0.772. The molecule has 1 amide bonds. The fraction of sp³-hybridized carbons (Fsp3) is 0.467. The van der Waals surface area contributed by atoms with Crippen molar-refractivity contribution in [2.24, 2.45) is 5.41 Å². The van der Waals surface area contributed by atoms with Gasteiger partial charge >= 0.3 is 5.97 Å². The number of aliphatic carboxylic acids is 1. The highest BCUT2D eigenvalue weighted by Gasteiger charge is 2.25. The Morgan fingerprint density at radius 3 is 2.50 bits per heavy atom. The third-order valence-corrected chi connectivity index (χ3v) is 2.79. The highest BCUT2D eigenvalue weighted by molar-refractivity contribution is 5.92. The minimum atomic E-state index is -2.61. The largest absolute Gasteiger partial charge is 0.485 e. The number of ether oxygens (including phenoxy) is 1. The van der Waals surface area contributed by atoms with E-state index >= 15 is 0 Å². The first-order valence-electron chi connectivity index (χ1n) is 6.71. The number of rotatable bonds is 8. The molecule has 0 aliphatic heterocycles. The van der Waals surface area contributed by atoms with Crippen LogP contribution in [0.25, 0.3) is 0 Å². The second-order valence-electron chi connectivity index (χ2n) is 5.66. The van der Waals surface area contributed by atoms with Crippen LogP contribution in [0.3, 0.4) is 0 Å². The van der Waals surface area contributed by atoms with Gasteiger partial charge in [-0.3, -0.25) is 9.59 Å². The third kappa shape index (κ3) is 6.51. The molecule has 22 heavy (non-hydrogen) atoms. The van der Waals surface area contributed by atoms with Crippen molar-refractivity contribution < 1.29 is 28.2 Å². The molecule has 0 aromatic heterocycles. The van der Waals surface area contributed by atoms with E-state index in [4.69, 9.17) is 9.84 Å². The van der Waals surface area contributed by atoms with Crippen LogP contribution in [-0.4, -0.2) is 30.0 Å². The van der Waals surface area contributed by atoms with Gasteiger partial charge in [0.25, 0.3) is 6.43 Å². The molecular weight excluding hydrogens is 296 g/mol. The molecule has 0 unspecified atom stereocenters. The number of hydrogen-bond acceptors (Lipinski definition) is 3. The maximum absolute atomic E-state index is 12.2. The van der Waals surface area contributed by atoms with Gasteiger partial charge in [0.1, 0.15) is 12.4 Å². The number of halogens is 2. The average Bonchev–Trinajstić information content (AvgIpc) is 2.34. The highest BCUT2D eigenvalue weighted by Crippen LogP contribution is 2.28. The highest BCUT2D eigenvalue weighted by atomic mass is 19.3. The lowest BCUT2D eigenvalue weighted by atomic mass is 9.85. The predicted molar refractivity (Wildman–Crippen MR) is 77.2 cm³/mol. The molecule has 122 valence electrons. The number of benzene rings is 1. The molecule has 0 atom stereocenters. The molecule has 0 saturated heterocycles. The van der Waals surface area contributed by atoms with Crippen molar-refractivity contribution in [2.75, 3.05) is 11.9 Å². The molecule has 1 rings (SSSR count). The SMILES string of the molecule is CC(C)(CC(=O)O)CC(=O)Nc1ccccc1OCC(F)F. The first kappa shape index (κ1) is 17.9. The van der Waals surface area contributed by atoms with Crippen LogP contribution in [0, 0.1) is 5.41 Å². The monoisotopic (exact) mass is 315 g/mol. The maximum atomic E-state index is 12.2. The molecule has 0 radical (unpaired) electrons. The fourth-order valence-corrected chi connectivity index (χ4v) is 1.95. The smallest absolute Gasteiger partial charge is 0.303 e. The molecule has 2 N–H and O–H groups in total. The number of nitrogens with one attached hydrogen (secondary N) is 1. The van der Waals surface area contributed by atoms with Gasteiger partial charge in [-0.05, 0) is 17.5 Å². The van der Waals surface area contributed by atoms with E-state index in [0.29, 0.717) is 0 Å². The van der Waals surface area contributed by atoms with E-state index in [1.165, 1.54) is 12.1 Å². The van der Waals surface area contributed by atoms with Gasteiger partial charge in [0.15, 0.2) is 0 Å². The van der Waals surface area contributed by atoms with E-state index < -0.39 is 30.3 Å². The van der Waals surface area contributed by atoms with Gasteiger partial charge in [-0.2, -0.15) is 0 Å². The summed E-state index contributed by atoms with van der Waals surface area (Å²) in [4.78, 5) is 22.7. The minimum Gasteiger partial charge on any atom is -0.485 e. The molecule has 5 nitrogen and oxygen atoms in total. The van der Waals surface area contributed by atoms with Crippen molar-refractivity contribution in [3.63, 3.8) is 0 Å². The van der Waals surface area contributed by atoms with Gasteiger partial charge in [-0.15, -0.1) is 0 Å². The van der Waals surface area contributed by atoms with E-state index in [9.17, 15) is 18.4 Å². The molecule has 0 heterocycles. The Morgan fingerprint density at radius 1 is 1.27 bits per heavy atom. The Kier molecular flexibility index (Phi) is 6.27. The van der Waals surface area contributed by atoms with Crippen LogP contribution in [0.2, 0.25) is 0 Å². The zero-order valence-electron chi connectivity index (χ0n) is 12.4. The standard InChI is InChI=1S/C15H19F2NO4/c1-15(2,8-14(20)21)7-13(19)18-10-5-3-4-6-11(10)22-9-12(16)17/h3-6,12H,7-9H2,1-2H3,(H,18,19)(H,20,21). The van der Waals surface area contributed by atoms with Crippen molar-refractivity contribution in [3.8, 4) is 5.75 Å². The zero-order chi connectivity index (χ0) is 16.8. The molecule has 0 aliphatic rings. The van der Waals surface area contributed by atoms with Gasteiger partial charge in [0.05, 0.1) is 12.1 Å². The number of para-hydroxylation sites is 2. The Bertz CT molecular complexity index is 532. The lowest BCUT2D eigenvalue weighted by molar-refractivity contribution is -0.139. The van der Waals surface area contributed by atoms with Crippen molar-refractivity contribution >= 4 is 17.6 Å². The van der Waals surface area contributed by atoms with Gasteiger partial charge in [-0.1, -0.05) is 26.0 Å². The molecular formula is C15H19F2NO4.